The van der Waals surface area contributed by atoms with Crippen molar-refractivity contribution in [1.29, 1.82) is 5.26 Å². The van der Waals surface area contributed by atoms with Crippen molar-refractivity contribution in [2.45, 2.75) is 6.54 Å². The second-order valence-corrected chi connectivity index (χ2v) is 6.44. The highest BCUT2D eigenvalue weighted by atomic mass is 35.5. The number of carbonyl (C=O) groups is 2. The number of nitriles is 1. The molecular weight excluding hydrogens is 370 g/mol. The molecule has 1 amide bonds. The molecule has 0 aromatic carbocycles. The third-order valence-corrected chi connectivity index (χ3v) is 4.33. The summed E-state index contributed by atoms with van der Waals surface area (Å²) >= 11 is 7.19. The molecule has 0 aliphatic carbocycles. The van der Waals surface area contributed by atoms with E-state index in [1.54, 1.807) is 18.2 Å². The molecule has 0 saturated heterocycles. The van der Waals surface area contributed by atoms with Crippen molar-refractivity contribution in [2.24, 2.45) is 0 Å². The van der Waals surface area contributed by atoms with E-state index in [2.05, 4.69) is 10.3 Å². The van der Waals surface area contributed by atoms with Crippen molar-refractivity contribution >= 4 is 34.8 Å². The topological polar surface area (TPSA) is 134 Å². The number of aromatic carboxylic acids is 1. The fourth-order valence-corrected chi connectivity index (χ4v) is 3.03. The maximum atomic E-state index is 11.6. The zero-order chi connectivity index (χ0) is 18.0. The lowest BCUT2D eigenvalue weighted by Gasteiger charge is -2.00. The summed E-state index contributed by atoms with van der Waals surface area (Å²) in [5.74, 6) is -1.58. The Kier molecular flexibility index (Phi) is 4.51. The van der Waals surface area contributed by atoms with Gasteiger partial charge in [0.1, 0.15) is 11.4 Å². The number of halogens is 1. The van der Waals surface area contributed by atoms with Crippen LogP contribution < -0.4 is 5.32 Å². The summed E-state index contributed by atoms with van der Waals surface area (Å²) in [6.07, 6.45) is 1.46. The molecule has 0 spiro atoms. The van der Waals surface area contributed by atoms with Gasteiger partial charge in [-0.1, -0.05) is 16.8 Å². The number of thiophene rings is 1. The molecule has 126 valence electrons. The van der Waals surface area contributed by atoms with Crippen LogP contribution in [0, 0.1) is 11.5 Å². The van der Waals surface area contributed by atoms with Crippen LogP contribution >= 0.6 is 22.9 Å². The van der Waals surface area contributed by atoms with Gasteiger partial charge in [0.15, 0.2) is 17.6 Å². The first kappa shape index (κ1) is 16.7. The zero-order valence-corrected chi connectivity index (χ0v) is 13.8. The fourth-order valence-electron chi connectivity index (χ4n) is 2.04. The molecule has 0 bridgehead atoms. The SMILES string of the molecule is N#CNC(=O)c1cc(C(=O)O)n(Cc2cc(-c3ccc(Cl)s3)on2)n1. The Bertz CT molecular complexity index is 999. The quantitative estimate of drug-likeness (QED) is 0.514. The molecule has 25 heavy (non-hydrogen) atoms. The predicted octanol–water partition coefficient (Wildman–Crippen LogP) is 2.21. The van der Waals surface area contributed by atoms with Gasteiger partial charge < -0.3 is 9.63 Å². The third-order valence-electron chi connectivity index (χ3n) is 3.09. The molecule has 0 aliphatic rings. The third kappa shape index (κ3) is 3.52. The van der Waals surface area contributed by atoms with Crippen LogP contribution in [0.5, 0.6) is 0 Å². The number of carbonyl (C=O) groups excluding carboxylic acids is 1. The number of aromatic nitrogens is 3. The van der Waals surface area contributed by atoms with Crippen molar-refractivity contribution in [3.05, 3.63) is 45.7 Å². The minimum Gasteiger partial charge on any atom is -0.477 e. The number of amides is 1. The molecule has 3 aromatic heterocycles. The molecule has 0 saturated carbocycles. The molecule has 0 fully saturated rings. The Morgan fingerprint density at radius 2 is 2.24 bits per heavy atom. The Labute approximate surface area is 149 Å². The standard InChI is InChI=1S/C14H8ClN5O4S/c15-12-2-1-11(25-12)10-3-7(19-24-10)5-20-9(14(22)23)4-8(18-20)13(21)17-6-16/h1-4H,5H2,(H,17,21)(H,22,23). The molecule has 3 heterocycles. The Morgan fingerprint density at radius 3 is 2.88 bits per heavy atom. The summed E-state index contributed by atoms with van der Waals surface area (Å²) in [5.41, 5.74) is 0.0110. The fraction of sp³-hybridized carbons (Fsp3) is 0.0714. The summed E-state index contributed by atoms with van der Waals surface area (Å²) in [7, 11) is 0. The number of carboxylic acids is 1. The molecule has 0 unspecified atom stereocenters. The van der Waals surface area contributed by atoms with Crippen LogP contribution in [0.1, 0.15) is 26.7 Å². The molecule has 3 aromatic rings. The number of nitrogens with zero attached hydrogens (tertiary/aromatic N) is 4. The van der Waals surface area contributed by atoms with Crippen LogP contribution in [-0.4, -0.2) is 31.9 Å². The van der Waals surface area contributed by atoms with Crippen molar-refractivity contribution in [1.82, 2.24) is 20.3 Å². The Balaban J connectivity index is 1.87. The number of nitrogens with one attached hydrogen (secondary N) is 1. The van der Waals surface area contributed by atoms with Gasteiger partial charge in [-0.15, -0.1) is 11.3 Å². The van der Waals surface area contributed by atoms with E-state index in [1.807, 2.05) is 5.32 Å². The minimum absolute atomic E-state index is 0.0237. The average molecular weight is 378 g/mol. The van der Waals surface area contributed by atoms with Crippen LogP contribution in [0.2, 0.25) is 4.34 Å². The second-order valence-electron chi connectivity index (χ2n) is 4.73. The first-order valence-corrected chi connectivity index (χ1v) is 7.89. The summed E-state index contributed by atoms with van der Waals surface area (Å²) in [6.45, 7) is -0.0237. The lowest BCUT2D eigenvalue weighted by atomic mass is 10.3. The normalized spacial score (nSPS) is 10.4. The smallest absolute Gasteiger partial charge is 0.354 e. The van der Waals surface area contributed by atoms with E-state index in [0.29, 0.717) is 15.8 Å². The maximum absolute atomic E-state index is 11.6. The molecule has 11 heteroatoms. The molecule has 0 radical (unpaired) electrons. The van der Waals surface area contributed by atoms with E-state index in [9.17, 15) is 14.7 Å². The van der Waals surface area contributed by atoms with E-state index in [4.69, 9.17) is 21.4 Å². The van der Waals surface area contributed by atoms with E-state index in [0.717, 1.165) is 15.6 Å². The second kappa shape index (κ2) is 6.76. The van der Waals surface area contributed by atoms with Crippen LogP contribution in [0.25, 0.3) is 10.6 Å². The van der Waals surface area contributed by atoms with Gasteiger partial charge in [-0.3, -0.25) is 14.8 Å². The minimum atomic E-state index is -1.27. The van der Waals surface area contributed by atoms with Crippen LogP contribution in [0.15, 0.2) is 28.8 Å². The number of rotatable bonds is 5. The van der Waals surface area contributed by atoms with E-state index >= 15 is 0 Å². The van der Waals surface area contributed by atoms with E-state index < -0.39 is 11.9 Å². The highest BCUT2D eigenvalue weighted by molar-refractivity contribution is 7.19. The highest BCUT2D eigenvalue weighted by Gasteiger charge is 2.20. The van der Waals surface area contributed by atoms with Gasteiger partial charge in [0.2, 0.25) is 0 Å². The summed E-state index contributed by atoms with van der Waals surface area (Å²) < 4.78 is 6.91. The molecule has 2 N–H and O–H groups in total. The largest absolute Gasteiger partial charge is 0.477 e. The lowest BCUT2D eigenvalue weighted by molar-refractivity contribution is 0.0683. The first-order chi connectivity index (χ1) is 12.0. The molecule has 9 nitrogen and oxygen atoms in total. The predicted molar refractivity (Wildman–Crippen MR) is 86.2 cm³/mol. The average Bonchev–Trinajstić information content (AvgIpc) is 3.27. The first-order valence-electron chi connectivity index (χ1n) is 6.70. The maximum Gasteiger partial charge on any atom is 0.354 e. The van der Waals surface area contributed by atoms with Gasteiger partial charge in [0, 0.05) is 12.1 Å². The van der Waals surface area contributed by atoms with Crippen molar-refractivity contribution in [2.75, 3.05) is 0 Å². The van der Waals surface area contributed by atoms with Crippen molar-refractivity contribution in [3.63, 3.8) is 0 Å². The Hall–Kier alpha value is -3.16. The molecular formula is C14H8ClN5O4S. The summed E-state index contributed by atoms with van der Waals surface area (Å²) in [4.78, 5) is 23.7. The van der Waals surface area contributed by atoms with Gasteiger partial charge in [0.05, 0.1) is 15.8 Å². The van der Waals surface area contributed by atoms with Gasteiger partial charge >= 0.3 is 5.97 Å². The van der Waals surface area contributed by atoms with Crippen LogP contribution in [0.4, 0.5) is 0 Å². The Morgan fingerprint density at radius 1 is 1.44 bits per heavy atom. The van der Waals surface area contributed by atoms with Crippen molar-refractivity contribution < 1.29 is 19.2 Å². The van der Waals surface area contributed by atoms with Gasteiger partial charge in [-0.05, 0) is 12.1 Å². The van der Waals surface area contributed by atoms with Crippen LogP contribution in [0.3, 0.4) is 0 Å². The summed E-state index contributed by atoms with van der Waals surface area (Å²) in [5, 5.41) is 27.4. The monoisotopic (exact) mass is 377 g/mol. The van der Waals surface area contributed by atoms with Crippen LogP contribution in [-0.2, 0) is 6.54 Å². The van der Waals surface area contributed by atoms with Gasteiger partial charge in [-0.25, -0.2) is 4.79 Å². The van der Waals surface area contributed by atoms with Gasteiger partial charge in [0.25, 0.3) is 5.91 Å². The summed E-state index contributed by atoms with van der Waals surface area (Å²) in [6, 6.07) is 6.21. The highest BCUT2D eigenvalue weighted by Crippen LogP contribution is 2.31. The molecule has 0 atom stereocenters. The number of hydrogen-bond acceptors (Lipinski definition) is 7. The van der Waals surface area contributed by atoms with E-state index in [1.165, 1.54) is 17.5 Å². The number of carboxylic acid groups (broad SMARTS) is 1. The van der Waals surface area contributed by atoms with Gasteiger partial charge in [-0.2, -0.15) is 10.4 Å². The number of hydrogen-bond donors (Lipinski definition) is 2. The van der Waals surface area contributed by atoms with Crippen molar-refractivity contribution in [3.8, 4) is 16.8 Å². The zero-order valence-electron chi connectivity index (χ0n) is 12.3. The lowest BCUT2D eigenvalue weighted by Crippen LogP contribution is -2.18. The van der Waals surface area contributed by atoms with E-state index in [-0.39, 0.29) is 17.9 Å². The molecule has 0 aliphatic heterocycles. The molecule has 3 rings (SSSR count).